The zero-order chi connectivity index (χ0) is 21.4. The maximum atomic E-state index is 14.8. The van der Waals surface area contributed by atoms with Gasteiger partial charge in [0.2, 0.25) is 5.43 Å². The number of hydrogen-bond donors (Lipinski definition) is 2. The molecule has 1 saturated carbocycles. The van der Waals surface area contributed by atoms with Gasteiger partial charge in [-0.05, 0) is 24.9 Å². The number of piperazine rings is 1. The monoisotopic (exact) mass is 336 g/mol. The van der Waals surface area contributed by atoms with Gasteiger partial charge in [0.05, 0.1) is 12.6 Å². The molecule has 7 heteroatoms. The van der Waals surface area contributed by atoms with Gasteiger partial charge in [0.15, 0.2) is 0 Å². The Kier molecular flexibility index (Phi) is 2.44. The quantitative estimate of drug-likeness (QED) is 0.890. The van der Waals surface area contributed by atoms with Crippen LogP contribution in [0.15, 0.2) is 23.1 Å². The van der Waals surface area contributed by atoms with Crippen LogP contribution in [0.3, 0.4) is 0 Å². The fourth-order valence-corrected chi connectivity index (χ4v) is 2.97. The molecule has 126 valence electrons. The molecule has 0 bridgehead atoms. The predicted molar refractivity (Wildman–Crippen MR) is 88.5 cm³/mol. The summed E-state index contributed by atoms with van der Waals surface area (Å²) in [5, 5.41) is 12.1. The van der Waals surface area contributed by atoms with Crippen molar-refractivity contribution in [3.63, 3.8) is 0 Å². The van der Waals surface area contributed by atoms with Gasteiger partial charge < -0.3 is 19.9 Å². The van der Waals surface area contributed by atoms with Crippen molar-refractivity contribution >= 4 is 22.6 Å². The number of carboxylic acids is 1. The molecule has 1 saturated heterocycles. The first-order chi connectivity index (χ1) is 13.4. The van der Waals surface area contributed by atoms with Crippen LogP contribution in [0.25, 0.3) is 10.9 Å². The van der Waals surface area contributed by atoms with Gasteiger partial charge in [-0.1, -0.05) is 0 Å². The number of aromatic nitrogens is 1. The van der Waals surface area contributed by atoms with Gasteiger partial charge in [-0.3, -0.25) is 4.79 Å². The molecule has 6 nitrogen and oxygen atoms in total. The molecule has 1 aliphatic heterocycles. The molecule has 2 heterocycles. The average Bonchev–Trinajstić information content (AvgIpc) is 2.99. The van der Waals surface area contributed by atoms with Gasteiger partial charge in [-0.2, -0.15) is 0 Å². The lowest BCUT2D eigenvalue weighted by Gasteiger charge is -2.30. The predicted octanol–water partition coefficient (Wildman–Crippen LogP) is 1.58. The van der Waals surface area contributed by atoms with Gasteiger partial charge in [0.1, 0.15) is 11.4 Å². The van der Waals surface area contributed by atoms with Crippen molar-refractivity contribution in [1.29, 1.82) is 0 Å². The lowest BCUT2D eigenvalue weighted by molar-refractivity contribution is 0.0695. The fourth-order valence-electron chi connectivity index (χ4n) is 2.97. The number of benzene rings is 1. The summed E-state index contributed by atoms with van der Waals surface area (Å²) in [5.74, 6) is -2.37. The van der Waals surface area contributed by atoms with E-state index < -0.39 is 41.5 Å². The standard InChI is InChI=1S/C17H18FN3O3/c18-13-7-11-14(8-15(13)20-5-3-19-4-6-20)21(10-1-2-10)9-12(16(11)22)17(23)24/h7-10,19H,1-6H2,(H,23,24)/i1D2,2D2,10D. The van der Waals surface area contributed by atoms with E-state index in [0.717, 1.165) is 16.8 Å². The van der Waals surface area contributed by atoms with Gasteiger partial charge in [-0.25, -0.2) is 9.18 Å². The Morgan fingerprint density at radius 2 is 2.08 bits per heavy atom. The van der Waals surface area contributed by atoms with Crippen LogP contribution in [0.4, 0.5) is 10.1 Å². The molecule has 0 unspecified atom stereocenters. The maximum absolute atomic E-state index is 14.8. The summed E-state index contributed by atoms with van der Waals surface area (Å²) in [6.45, 7) is 2.17. The molecule has 1 aromatic carbocycles. The number of anilines is 1. The summed E-state index contributed by atoms with van der Waals surface area (Å²) < 4.78 is 55.7. The van der Waals surface area contributed by atoms with Crippen molar-refractivity contribution in [2.45, 2.75) is 18.8 Å². The van der Waals surface area contributed by atoms with E-state index in [0.29, 0.717) is 26.2 Å². The zero-order valence-corrected chi connectivity index (χ0v) is 12.6. The largest absolute Gasteiger partial charge is 0.477 e. The summed E-state index contributed by atoms with van der Waals surface area (Å²) >= 11 is 0. The summed E-state index contributed by atoms with van der Waals surface area (Å²) in [6, 6.07) is -0.354. The Morgan fingerprint density at radius 1 is 1.38 bits per heavy atom. The number of hydrogen-bond acceptors (Lipinski definition) is 4. The number of nitrogens with zero attached hydrogens (tertiary/aromatic N) is 2. The van der Waals surface area contributed by atoms with Crippen LogP contribution < -0.4 is 15.6 Å². The lowest BCUT2D eigenvalue weighted by Crippen LogP contribution is -2.43. The first-order valence-electron chi connectivity index (χ1n) is 10.0. The Hall–Kier alpha value is -2.41. The molecule has 2 N–H and O–H groups in total. The molecule has 1 aromatic heterocycles. The van der Waals surface area contributed by atoms with Gasteiger partial charge in [0, 0.05) is 49.3 Å². The third-order valence-corrected chi connectivity index (χ3v) is 4.24. The first kappa shape index (κ1) is 10.5. The molecular formula is C17H18FN3O3. The van der Waals surface area contributed by atoms with E-state index in [9.17, 15) is 19.1 Å². The van der Waals surface area contributed by atoms with Crippen molar-refractivity contribution in [2.24, 2.45) is 0 Å². The third-order valence-electron chi connectivity index (χ3n) is 4.24. The number of carboxylic acid groups (broad SMARTS) is 1. The SMILES string of the molecule is [2H]C1([2H])C([2H])([2H])C1([2H])n1cc(C(=O)O)c(=O)c2cc(F)c(N3CCNCC3)cc21. The Balaban J connectivity index is 2.05. The zero-order valence-electron chi connectivity index (χ0n) is 17.6. The van der Waals surface area contributed by atoms with Crippen molar-refractivity contribution in [2.75, 3.05) is 31.1 Å². The van der Waals surface area contributed by atoms with Crippen LogP contribution in [0.1, 0.15) is 36.0 Å². The number of fused-ring (bicyclic) bond motifs is 1. The summed E-state index contributed by atoms with van der Waals surface area (Å²) in [5.41, 5.74) is -1.72. The molecule has 0 spiro atoms. The maximum Gasteiger partial charge on any atom is 0.341 e. The van der Waals surface area contributed by atoms with Crippen LogP contribution in [-0.4, -0.2) is 41.8 Å². The average molecular weight is 336 g/mol. The van der Waals surface area contributed by atoms with Crippen molar-refractivity contribution in [1.82, 2.24) is 9.88 Å². The number of rotatable bonds is 3. The minimum atomic E-state index is -2.64. The Morgan fingerprint density at radius 3 is 2.71 bits per heavy atom. The van der Waals surface area contributed by atoms with E-state index in [1.165, 1.54) is 6.07 Å². The highest BCUT2D eigenvalue weighted by atomic mass is 19.1. The van der Waals surface area contributed by atoms with Crippen molar-refractivity contribution < 1.29 is 21.1 Å². The van der Waals surface area contributed by atoms with Crippen LogP contribution in [0, 0.1) is 5.82 Å². The second kappa shape index (κ2) is 5.59. The van der Waals surface area contributed by atoms with Crippen LogP contribution in [0.5, 0.6) is 0 Å². The Bertz CT molecular complexity index is 1080. The minimum Gasteiger partial charge on any atom is -0.477 e. The van der Waals surface area contributed by atoms with Gasteiger partial charge in [-0.15, -0.1) is 0 Å². The lowest BCUT2D eigenvalue weighted by atomic mass is 10.1. The van der Waals surface area contributed by atoms with Crippen molar-refractivity contribution in [3.8, 4) is 0 Å². The molecule has 2 aliphatic rings. The van der Waals surface area contributed by atoms with Gasteiger partial charge >= 0.3 is 5.97 Å². The normalized spacial score (nSPS) is 26.7. The van der Waals surface area contributed by atoms with E-state index in [-0.39, 0.29) is 16.6 Å². The number of carbonyl (C=O) groups is 1. The fraction of sp³-hybridized carbons (Fsp3) is 0.412. The summed E-state index contributed by atoms with van der Waals surface area (Å²) in [6.07, 6.45) is -4.50. The van der Waals surface area contributed by atoms with Crippen LogP contribution >= 0.6 is 0 Å². The second-order valence-electron chi connectivity index (χ2n) is 5.70. The van der Waals surface area contributed by atoms with Gasteiger partial charge in [0.25, 0.3) is 0 Å². The number of nitrogens with one attached hydrogen (secondary N) is 1. The van der Waals surface area contributed by atoms with Crippen LogP contribution in [-0.2, 0) is 0 Å². The van der Waals surface area contributed by atoms with Crippen molar-refractivity contribution in [3.05, 3.63) is 39.9 Å². The van der Waals surface area contributed by atoms with E-state index in [1.54, 1.807) is 4.90 Å². The molecule has 0 amide bonds. The highest BCUT2D eigenvalue weighted by molar-refractivity contribution is 5.93. The number of pyridine rings is 1. The molecule has 2 aromatic rings. The summed E-state index contributed by atoms with van der Waals surface area (Å²) in [4.78, 5) is 25.8. The van der Waals surface area contributed by atoms with E-state index in [2.05, 4.69) is 5.32 Å². The third kappa shape index (κ3) is 2.45. The first-order valence-corrected chi connectivity index (χ1v) is 7.53. The minimum absolute atomic E-state index is 0.0878. The second-order valence-corrected chi connectivity index (χ2v) is 5.70. The molecular weight excluding hydrogens is 313 g/mol. The smallest absolute Gasteiger partial charge is 0.341 e. The highest BCUT2D eigenvalue weighted by Gasteiger charge is 2.28. The molecule has 1 aliphatic carbocycles. The van der Waals surface area contributed by atoms with Crippen LogP contribution in [0.2, 0.25) is 0 Å². The molecule has 0 atom stereocenters. The number of halogens is 1. The molecule has 0 radical (unpaired) electrons. The summed E-state index contributed by atoms with van der Waals surface area (Å²) in [7, 11) is 0. The molecule has 2 fully saturated rings. The topological polar surface area (TPSA) is 74.6 Å². The molecule has 4 rings (SSSR count). The number of aromatic carboxylic acids is 1. The van der Waals surface area contributed by atoms with E-state index >= 15 is 0 Å². The van der Waals surface area contributed by atoms with E-state index in [1.807, 2.05) is 0 Å². The highest BCUT2D eigenvalue weighted by Crippen LogP contribution is 2.38. The van der Waals surface area contributed by atoms with E-state index in [4.69, 9.17) is 6.85 Å². The molecule has 24 heavy (non-hydrogen) atoms. The Labute approximate surface area is 144 Å².